The maximum Gasteiger partial charge on any atom is 0.220 e. The largest absolute Gasteiger partial charge is 0.548 e. The minimum atomic E-state index is -1.77. The Kier molecular flexibility index (Phi) is 60.1. The number of hydrogen-bond acceptors (Lipinski definition) is 40. The molecule has 1 aliphatic heterocycles. The SMILES string of the molecule is CC(CO)(CO)COCC(CNC(=O)CCC(C(=O)[O-])N1CCN(C(CCC(=O)NCC(COCC(C)(CO)CO)COCC(C)(CO)CO)C(=O)[O-])CCN(C(CCC(=O)NCC(COCC(C)(CO)CO)COCC(C)(CO)CO)C(=O)[O-])CCN(C(CCC(=O)NCC(COCC(C)(CO)CO)COCC(C)(CO)CO)C(=O)[O-])CC1)COCC(C)(CO)CO. The fourth-order valence-electron chi connectivity index (χ4n) is 12.5. The minimum Gasteiger partial charge on any atom is -0.548 e. The van der Waals surface area contributed by atoms with Crippen molar-refractivity contribution in [1.82, 2.24) is 40.9 Å². The van der Waals surface area contributed by atoms with Crippen molar-refractivity contribution < 1.29 is 178 Å². The van der Waals surface area contributed by atoms with Crippen LogP contribution in [-0.2, 0) is 76.3 Å². The van der Waals surface area contributed by atoms with E-state index in [1.54, 1.807) is 55.4 Å². The molecule has 0 saturated carbocycles. The smallest absolute Gasteiger partial charge is 0.220 e. The molecule has 4 unspecified atom stereocenters. The summed E-state index contributed by atoms with van der Waals surface area (Å²) in [6.07, 6.45) is -4.38. The number of hydrogen-bond donors (Lipinski definition) is 20. The zero-order valence-corrected chi connectivity index (χ0v) is 76.5. The average Bonchev–Trinajstić information content (AvgIpc) is 0.835. The van der Waals surface area contributed by atoms with E-state index in [0.29, 0.717) is 0 Å². The monoisotopic (exact) mass is 1850 g/mol. The van der Waals surface area contributed by atoms with Gasteiger partial charge in [0.2, 0.25) is 23.6 Å². The van der Waals surface area contributed by atoms with E-state index < -0.39 is 348 Å². The van der Waals surface area contributed by atoms with Gasteiger partial charge < -0.3 is 180 Å². The molecule has 44 nitrogen and oxygen atoms in total. The number of carbonyl (C=O) groups is 8. The molecular weight excluding hydrogens is 1700 g/mol. The third-order valence-electron chi connectivity index (χ3n) is 23.0. The molecule has 1 rings (SSSR count). The summed E-state index contributed by atoms with van der Waals surface area (Å²) in [6, 6.07) is -7.09. The summed E-state index contributed by atoms with van der Waals surface area (Å²) < 4.78 is 46.8. The molecule has 752 valence electrons. The van der Waals surface area contributed by atoms with E-state index in [4.69, 9.17) is 37.9 Å². The quantitative estimate of drug-likeness (QED) is 0.0269. The highest BCUT2D eigenvalue weighted by Crippen LogP contribution is 2.25. The molecule has 128 heavy (non-hydrogen) atoms. The average molecular weight is 1850 g/mol. The number of aliphatic hydroxyl groups excluding tert-OH is 16. The van der Waals surface area contributed by atoms with Crippen molar-refractivity contribution in [3.8, 4) is 0 Å². The fourth-order valence-corrected chi connectivity index (χ4v) is 12.5. The molecule has 1 heterocycles. The third kappa shape index (κ3) is 47.5. The van der Waals surface area contributed by atoms with E-state index >= 15 is 0 Å². The van der Waals surface area contributed by atoms with Crippen LogP contribution in [0.5, 0.6) is 0 Å². The fraction of sp³-hybridized carbons (Fsp3) is 0.905. The van der Waals surface area contributed by atoms with Gasteiger partial charge in [0.15, 0.2) is 0 Å². The predicted octanol–water partition coefficient (Wildman–Crippen LogP) is -12.2. The Labute approximate surface area is 751 Å². The molecular formula is C84H156N8O36-4. The molecule has 0 radical (unpaired) electrons. The topological polar surface area (TPSA) is 687 Å². The van der Waals surface area contributed by atoms with Crippen molar-refractivity contribution >= 4 is 47.5 Å². The van der Waals surface area contributed by atoms with Crippen LogP contribution in [0.25, 0.3) is 0 Å². The number of carboxylic acids is 4. The summed E-state index contributed by atoms with van der Waals surface area (Å²) in [7, 11) is 0. The van der Waals surface area contributed by atoms with E-state index in [2.05, 4.69) is 21.3 Å². The second kappa shape index (κ2) is 63.8. The van der Waals surface area contributed by atoms with Gasteiger partial charge in [-0.1, -0.05) is 55.4 Å². The summed E-state index contributed by atoms with van der Waals surface area (Å²) in [6.45, 7) is -1.52. The van der Waals surface area contributed by atoms with Gasteiger partial charge in [0.05, 0.1) is 235 Å². The number of aliphatic carboxylic acids is 4. The predicted molar refractivity (Wildman–Crippen MR) is 449 cm³/mol. The van der Waals surface area contributed by atoms with Gasteiger partial charge in [0.1, 0.15) is 0 Å². The first-order valence-corrected chi connectivity index (χ1v) is 43.7. The first kappa shape index (κ1) is 121. The Hall–Kier alpha value is -5.36. The van der Waals surface area contributed by atoms with Gasteiger partial charge >= 0.3 is 0 Å². The molecule has 1 aliphatic rings. The van der Waals surface area contributed by atoms with E-state index in [1.165, 1.54) is 19.6 Å². The second-order valence-corrected chi connectivity index (χ2v) is 37.5. The van der Waals surface area contributed by atoms with E-state index in [9.17, 15) is 140 Å². The lowest BCUT2D eigenvalue weighted by Crippen LogP contribution is -2.59. The van der Waals surface area contributed by atoms with E-state index in [0.717, 1.165) is 0 Å². The Bertz CT molecular complexity index is 2550. The molecule has 0 bridgehead atoms. The van der Waals surface area contributed by atoms with E-state index in [1.807, 2.05) is 0 Å². The summed E-state index contributed by atoms with van der Waals surface area (Å²) in [5.41, 5.74) is -8.58. The highest BCUT2D eigenvalue weighted by molar-refractivity contribution is 5.80. The maximum absolute atomic E-state index is 14.0. The van der Waals surface area contributed by atoms with Crippen molar-refractivity contribution in [3.05, 3.63) is 0 Å². The molecule has 0 aliphatic carbocycles. The zero-order valence-electron chi connectivity index (χ0n) is 76.5. The summed E-state index contributed by atoms with van der Waals surface area (Å²) >= 11 is 0. The van der Waals surface area contributed by atoms with Crippen LogP contribution < -0.4 is 41.7 Å². The van der Waals surface area contributed by atoms with Gasteiger partial charge in [0.25, 0.3) is 0 Å². The van der Waals surface area contributed by atoms with Gasteiger partial charge in [0, 0.05) is 195 Å². The van der Waals surface area contributed by atoms with Gasteiger partial charge in [-0.3, -0.25) is 38.8 Å². The van der Waals surface area contributed by atoms with Gasteiger partial charge in [-0.05, 0) is 25.7 Å². The highest BCUT2D eigenvalue weighted by Gasteiger charge is 2.36. The molecule has 44 heteroatoms. The van der Waals surface area contributed by atoms with Gasteiger partial charge in [-0.2, -0.15) is 0 Å². The Morgan fingerprint density at radius 2 is 0.359 bits per heavy atom. The van der Waals surface area contributed by atoms with Crippen LogP contribution in [0.15, 0.2) is 0 Å². The van der Waals surface area contributed by atoms with Crippen LogP contribution in [0.3, 0.4) is 0 Å². The van der Waals surface area contributed by atoms with Crippen LogP contribution in [0.2, 0.25) is 0 Å². The number of nitrogens with one attached hydrogen (secondary N) is 4. The van der Waals surface area contributed by atoms with Gasteiger partial charge in [-0.25, -0.2) is 0 Å². The standard InChI is InChI=1S/C84H160N8O36/c1-77(37-93,38-94)53-121-29-61(30-122-54-78(2,39-95)40-96)25-85-69(109)13-9-65(73(113)114)89-17-19-90(66(74(115)116)10-14-70(110)86-26-62(31-123-55-79(3,41-97)42-98)32-124-56-80(4,43-99)44-100)21-23-92(68(76(119)120)12-16-72(112)88-28-64(35-127-59-83(7,49-105)50-106)36-128-60-84(8,51-107)52-108)24-22-91(20-18-89)67(75(117)118)11-15-71(111)87-27-63(33-125-57-81(5,45-101)46-102)34-126-58-82(6,47-103)48-104/h61-68,93-108H,9-60H2,1-8H3,(H,85,109)(H,86,110)(H,87,111)(H,88,112)(H,113,114)(H,115,116)(H,117,118)(H,119,120)/p-4. The first-order chi connectivity index (χ1) is 60.5. The van der Waals surface area contributed by atoms with Crippen LogP contribution in [-0.4, -0.2) is 463 Å². The third-order valence-corrected chi connectivity index (χ3v) is 23.0. The second-order valence-electron chi connectivity index (χ2n) is 37.5. The molecule has 1 fully saturated rings. The lowest BCUT2D eigenvalue weighted by atomic mass is 9.94. The molecule has 20 N–H and O–H groups in total. The number of nitrogens with zero attached hydrogens (tertiary/aromatic N) is 4. The normalized spacial score (nSPS) is 15.7. The van der Waals surface area contributed by atoms with Crippen LogP contribution in [0, 0.1) is 67.0 Å². The Morgan fingerprint density at radius 3 is 0.461 bits per heavy atom. The van der Waals surface area contributed by atoms with Gasteiger partial charge in [-0.15, -0.1) is 0 Å². The number of ether oxygens (including phenoxy) is 8. The molecule has 4 amide bonds. The zero-order chi connectivity index (χ0) is 96.8. The molecule has 0 aromatic rings. The first-order valence-electron chi connectivity index (χ1n) is 43.7. The van der Waals surface area contributed by atoms with Crippen molar-refractivity contribution in [2.45, 2.75) is 131 Å². The van der Waals surface area contributed by atoms with E-state index in [-0.39, 0.29) is 132 Å². The maximum atomic E-state index is 14.0. The Balaban J connectivity index is 4.33. The van der Waals surface area contributed by atoms with Crippen LogP contribution in [0.4, 0.5) is 0 Å². The highest BCUT2D eigenvalue weighted by atomic mass is 16.5. The number of aliphatic hydroxyl groups is 16. The lowest BCUT2D eigenvalue weighted by molar-refractivity contribution is -0.315. The number of carboxylic acid groups (broad SMARTS) is 4. The lowest BCUT2D eigenvalue weighted by Gasteiger charge is -2.42. The molecule has 0 aromatic carbocycles. The summed E-state index contributed by atoms with van der Waals surface area (Å²) in [5, 5.41) is 225. The van der Waals surface area contributed by atoms with Crippen molar-refractivity contribution in [2.75, 3.05) is 290 Å². The van der Waals surface area contributed by atoms with Crippen molar-refractivity contribution in [3.63, 3.8) is 0 Å². The number of carbonyl (C=O) groups excluding carboxylic acids is 8. The summed E-state index contributed by atoms with van der Waals surface area (Å²) in [4.78, 5) is 116. The molecule has 1 saturated heterocycles. The molecule has 4 atom stereocenters. The molecule has 0 aromatic heterocycles. The number of amides is 4. The van der Waals surface area contributed by atoms with Crippen molar-refractivity contribution in [1.29, 1.82) is 0 Å². The Morgan fingerprint density at radius 1 is 0.242 bits per heavy atom. The minimum absolute atomic E-state index is 0.129. The van der Waals surface area contributed by atoms with Crippen LogP contribution in [0.1, 0.15) is 107 Å². The summed E-state index contributed by atoms with van der Waals surface area (Å²) in [5.74, 6) is -12.7. The molecule has 0 spiro atoms. The van der Waals surface area contributed by atoms with Crippen LogP contribution >= 0.6 is 0 Å². The van der Waals surface area contributed by atoms with Crippen molar-refractivity contribution in [2.24, 2.45) is 67.0 Å². The number of rotatable bonds is 76.